The molecule has 2 aromatic carbocycles. The zero-order valence-electron chi connectivity index (χ0n) is 18.2. The van der Waals surface area contributed by atoms with Crippen molar-refractivity contribution in [2.75, 3.05) is 6.54 Å². The number of aryl methyl sites for hydroxylation is 1. The molecule has 0 saturated heterocycles. The van der Waals surface area contributed by atoms with E-state index in [1.54, 1.807) is 4.90 Å². The lowest BCUT2D eigenvalue weighted by molar-refractivity contribution is -0.141. The van der Waals surface area contributed by atoms with Gasteiger partial charge in [-0.3, -0.25) is 9.59 Å². The Hall–Kier alpha value is -2.62. The van der Waals surface area contributed by atoms with Gasteiger partial charge in [0.15, 0.2) is 0 Å². The second kappa shape index (κ2) is 11.4. The molecule has 1 atom stereocenters. The van der Waals surface area contributed by atoms with Crippen LogP contribution in [0.15, 0.2) is 54.6 Å². The van der Waals surface area contributed by atoms with E-state index in [9.17, 15) is 9.59 Å². The van der Waals surface area contributed by atoms with E-state index in [4.69, 9.17) is 0 Å². The van der Waals surface area contributed by atoms with Gasteiger partial charge in [-0.05, 0) is 42.4 Å². The lowest BCUT2D eigenvalue weighted by Crippen LogP contribution is -2.49. The molecular weight excluding hydrogens is 360 g/mol. The van der Waals surface area contributed by atoms with E-state index in [2.05, 4.69) is 43.4 Å². The zero-order chi connectivity index (χ0) is 21.2. The average Bonchev–Trinajstić information content (AvgIpc) is 2.73. The number of likely N-dealkylation sites (N-methyl/N-ethyl adjacent to an activating group) is 1. The second-order valence-electron chi connectivity index (χ2n) is 7.72. The van der Waals surface area contributed by atoms with Gasteiger partial charge in [0, 0.05) is 19.5 Å². The van der Waals surface area contributed by atoms with Crippen molar-refractivity contribution < 1.29 is 9.59 Å². The van der Waals surface area contributed by atoms with Crippen molar-refractivity contribution in [2.24, 2.45) is 0 Å². The van der Waals surface area contributed by atoms with Crippen molar-refractivity contribution in [3.05, 3.63) is 71.3 Å². The zero-order valence-corrected chi connectivity index (χ0v) is 18.2. The van der Waals surface area contributed by atoms with Gasteiger partial charge in [-0.1, -0.05) is 75.4 Å². The van der Waals surface area contributed by atoms with E-state index < -0.39 is 6.04 Å². The summed E-state index contributed by atoms with van der Waals surface area (Å²) in [6.07, 6.45) is 1.66. The number of hydrogen-bond acceptors (Lipinski definition) is 2. The molecular formula is C25H34N2O2. The Morgan fingerprint density at radius 3 is 2.14 bits per heavy atom. The molecule has 0 heterocycles. The highest BCUT2D eigenvalue weighted by Crippen LogP contribution is 2.17. The van der Waals surface area contributed by atoms with E-state index in [-0.39, 0.29) is 11.8 Å². The van der Waals surface area contributed by atoms with Gasteiger partial charge in [0.1, 0.15) is 6.04 Å². The molecule has 2 aromatic rings. The molecule has 156 valence electrons. The van der Waals surface area contributed by atoms with Gasteiger partial charge in [-0.15, -0.1) is 0 Å². The number of nitrogens with zero attached hydrogens (tertiary/aromatic N) is 1. The fourth-order valence-corrected chi connectivity index (χ4v) is 3.46. The maximum atomic E-state index is 13.2. The largest absolute Gasteiger partial charge is 0.355 e. The Kier molecular flexibility index (Phi) is 8.91. The summed E-state index contributed by atoms with van der Waals surface area (Å²) in [5, 5.41) is 2.88. The molecule has 1 N–H and O–H groups in total. The van der Waals surface area contributed by atoms with Gasteiger partial charge in [-0.25, -0.2) is 0 Å². The van der Waals surface area contributed by atoms with Gasteiger partial charge in [0.05, 0.1) is 0 Å². The number of benzene rings is 2. The summed E-state index contributed by atoms with van der Waals surface area (Å²) in [6, 6.07) is 17.9. The molecule has 29 heavy (non-hydrogen) atoms. The first-order valence-corrected chi connectivity index (χ1v) is 10.7. The van der Waals surface area contributed by atoms with E-state index in [0.717, 1.165) is 11.1 Å². The van der Waals surface area contributed by atoms with Crippen LogP contribution in [0.1, 0.15) is 63.1 Å². The smallest absolute Gasteiger partial charge is 0.242 e. The van der Waals surface area contributed by atoms with Crippen LogP contribution < -0.4 is 5.32 Å². The molecule has 0 saturated carbocycles. The number of amides is 2. The van der Waals surface area contributed by atoms with Crippen molar-refractivity contribution in [2.45, 2.75) is 65.5 Å². The maximum absolute atomic E-state index is 13.2. The van der Waals surface area contributed by atoms with Gasteiger partial charge in [0.2, 0.25) is 11.8 Å². The van der Waals surface area contributed by atoms with Crippen molar-refractivity contribution >= 4 is 11.8 Å². The Bertz CT molecular complexity index is 769. The summed E-state index contributed by atoms with van der Waals surface area (Å²) in [5.74, 6) is 0.426. The molecule has 0 aromatic heterocycles. The van der Waals surface area contributed by atoms with Crippen LogP contribution in [0.5, 0.6) is 0 Å². The van der Waals surface area contributed by atoms with Crippen molar-refractivity contribution in [3.63, 3.8) is 0 Å². The topological polar surface area (TPSA) is 49.4 Å². The third-order valence-electron chi connectivity index (χ3n) is 5.21. The molecule has 0 spiro atoms. The predicted molar refractivity (Wildman–Crippen MR) is 119 cm³/mol. The highest BCUT2D eigenvalue weighted by Gasteiger charge is 2.27. The van der Waals surface area contributed by atoms with Gasteiger partial charge >= 0.3 is 0 Å². The summed E-state index contributed by atoms with van der Waals surface area (Å²) in [7, 11) is 0. The van der Waals surface area contributed by atoms with Crippen LogP contribution >= 0.6 is 0 Å². The van der Waals surface area contributed by atoms with Gasteiger partial charge in [-0.2, -0.15) is 0 Å². The predicted octanol–water partition coefficient (Wildman–Crippen LogP) is 4.69. The lowest BCUT2D eigenvalue weighted by Gasteiger charge is -2.30. The van der Waals surface area contributed by atoms with E-state index in [1.165, 1.54) is 5.56 Å². The summed E-state index contributed by atoms with van der Waals surface area (Å²) in [5.41, 5.74) is 3.48. The molecule has 2 rings (SSSR count). The van der Waals surface area contributed by atoms with Crippen LogP contribution in [0.2, 0.25) is 0 Å². The third kappa shape index (κ3) is 6.74. The second-order valence-corrected chi connectivity index (χ2v) is 7.72. The van der Waals surface area contributed by atoms with Crippen LogP contribution in [0, 0.1) is 0 Å². The first-order valence-electron chi connectivity index (χ1n) is 10.7. The molecule has 4 nitrogen and oxygen atoms in total. The first-order chi connectivity index (χ1) is 14.0. The fraction of sp³-hybridized carbons (Fsp3) is 0.440. The number of carbonyl (C=O) groups is 2. The normalized spacial score (nSPS) is 11.9. The number of rotatable bonds is 10. The number of nitrogens with one attached hydrogen (secondary N) is 1. The Morgan fingerprint density at radius 2 is 1.59 bits per heavy atom. The summed E-state index contributed by atoms with van der Waals surface area (Å²) in [6.45, 7) is 9.20. The van der Waals surface area contributed by atoms with E-state index in [0.29, 0.717) is 38.3 Å². The van der Waals surface area contributed by atoms with Gasteiger partial charge in [0.25, 0.3) is 0 Å². The van der Waals surface area contributed by atoms with Crippen LogP contribution in [0.3, 0.4) is 0 Å². The number of hydrogen-bond donors (Lipinski definition) is 1. The SMILES string of the molecule is CCNC(=O)[C@@H](CC)N(Cc1ccccc1)C(=O)CCc1ccc(C(C)C)cc1. The molecule has 0 aliphatic rings. The maximum Gasteiger partial charge on any atom is 0.242 e. The number of carbonyl (C=O) groups excluding carboxylic acids is 2. The third-order valence-corrected chi connectivity index (χ3v) is 5.21. The highest BCUT2D eigenvalue weighted by atomic mass is 16.2. The summed E-state index contributed by atoms with van der Waals surface area (Å²) in [4.78, 5) is 27.5. The molecule has 0 radical (unpaired) electrons. The van der Waals surface area contributed by atoms with E-state index in [1.807, 2.05) is 44.2 Å². The van der Waals surface area contributed by atoms with Crippen molar-refractivity contribution in [1.29, 1.82) is 0 Å². The molecule has 0 fully saturated rings. The highest BCUT2D eigenvalue weighted by molar-refractivity contribution is 5.87. The van der Waals surface area contributed by atoms with Crippen LogP contribution in [-0.4, -0.2) is 29.3 Å². The van der Waals surface area contributed by atoms with Gasteiger partial charge < -0.3 is 10.2 Å². The molecule has 0 bridgehead atoms. The van der Waals surface area contributed by atoms with Crippen molar-refractivity contribution in [3.8, 4) is 0 Å². The van der Waals surface area contributed by atoms with Crippen LogP contribution in [0.25, 0.3) is 0 Å². The van der Waals surface area contributed by atoms with Crippen LogP contribution in [0.4, 0.5) is 0 Å². The summed E-state index contributed by atoms with van der Waals surface area (Å²) >= 11 is 0. The molecule has 0 aliphatic heterocycles. The van der Waals surface area contributed by atoms with E-state index >= 15 is 0 Å². The average molecular weight is 395 g/mol. The minimum absolute atomic E-state index is 0.0138. The fourth-order valence-electron chi connectivity index (χ4n) is 3.46. The Morgan fingerprint density at radius 1 is 0.931 bits per heavy atom. The standard InChI is InChI=1S/C25H34N2O2/c1-5-23(25(29)26-6-2)27(18-21-10-8-7-9-11-21)24(28)17-14-20-12-15-22(16-13-20)19(3)4/h7-13,15-16,19,23H,5-6,14,17-18H2,1-4H3,(H,26,29)/t23-/m1/s1. The summed E-state index contributed by atoms with van der Waals surface area (Å²) < 4.78 is 0. The minimum Gasteiger partial charge on any atom is -0.355 e. The Balaban J connectivity index is 2.13. The molecule has 2 amide bonds. The van der Waals surface area contributed by atoms with Crippen molar-refractivity contribution in [1.82, 2.24) is 10.2 Å². The molecule has 0 unspecified atom stereocenters. The molecule has 0 aliphatic carbocycles. The lowest BCUT2D eigenvalue weighted by atomic mass is 10.00. The monoisotopic (exact) mass is 394 g/mol. The first kappa shape index (κ1) is 22.7. The molecule has 4 heteroatoms. The van der Waals surface area contributed by atoms with Crippen LogP contribution in [-0.2, 0) is 22.6 Å². The minimum atomic E-state index is -0.453. The quantitative estimate of drug-likeness (QED) is 0.636. The Labute approximate surface area is 175 Å².